The minimum atomic E-state index is -0.0606. The van der Waals surface area contributed by atoms with Crippen molar-refractivity contribution in [1.82, 2.24) is 10.3 Å². The van der Waals surface area contributed by atoms with Crippen molar-refractivity contribution < 1.29 is 13.9 Å². The van der Waals surface area contributed by atoms with E-state index in [1.807, 2.05) is 30.3 Å². The predicted molar refractivity (Wildman–Crippen MR) is 110 cm³/mol. The second-order valence-electron chi connectivity index (χ2n) is 6.95. The summed E-state index contributed by atoms with van der Waals surface area (Å²) in [7, 11) is 0. The van der Waals surface area contributed by atoms with Crippen molar-refractivity contribution in [3.05, 3.63) is 65.6 Å². The molecular weight excluding hydrogens is 372 g/mol. The van der Waals surface area contributed by atoms with Crippen molar-refractivity contribution in [1.29, 1.82) is 0 Å². The molecule has 2 aromatic heterocycles. The fourth-order valence-electron chi connectivity index (χ4n) is 3.51. The summed E-state index contributed by atoms with van der Waals surface area (Å²) in [6.45, 7) is 1.67. The molecular formula is C22H24N2O3S. The van der Waals surface area contributed by atoms with Gasteiger partial charge in [-0.1, -0.05) is 24.3 Å². The Labute approximate surface area is 168 Å². The fraction of sp³-hybridized carbons (Fsp3) is 0.364. The molecule has 3 aromatic rings. The average Bonchev–Trinajstić information content (AvgIpc) is 3.40. The van der Waals surface area contributed by atoms with Crippen molar-refractivity contribution in [2.45, 2.75) is 31.8 Å². The van der Waals surface area contributed by atoms with Gasteiger partial charge in [0.15, 0.2) is 0 Å². The fourth-order valence-corrected chi connectivity index (χ4v) is 4.66. The topological polar surface area (TPSA) is 64.4 Å². The van der Waals surface area contributed by atoms with E-state index in [1.165, 1.54) is 4.70 Å². The zero-order valence-corrected chi connectivity index (χ0v) is 16.5. The van der Waals surface area contributed by atoms with E-state index >= 15 is 0 Å². The van der Waals surface area contributed by atoms with Crippen LogP contribution >= 0.6 is 11.3 Å². The molecule has 0 bridgehead atoms. The van der Waals surface area contributed by atoms with Gasteiger partial charge in [-0.3, -0.25) is 4.79 Å². The van der Waals surface area contributed by atoms with E-state index in [2.05, 4.69) is 23.5 Å². The number of allylic oxidation sites excluding steroid dienone is 2. The van der Waals surface area contributed by atoms with E-state index in [0.29, 0.717) is 19.8 Å². The zero-order chi connectivity index (χ0) is 19.2. The largest absolute Gasteiger partial charge is 0.467 e. The van der Waals surface area contributed by atoms with Gasteiger partial charge >= 0.3 is 0 Å². The van der Waals surface area contributed by atoms with Crippen LogP contribution in [0.2, 0.25) is 0 Å². The minimum absolute atomic E-state index is 0.0606. The quantitative estimate of drug-likeness (QED) is 0.444. The summed E-state index contributed by atoms with van der Waals surface area (Å²) in [6.07, 6.45) is 8.33. The summed E-state index contributed by atoms with van der Waals surface area (Å²) in [4.78, 5) is 17.6. The number of thiazole rings is 1. The maximum Gasteiger partial charge on any atom is 0.224 e. The van der Waals surface area contributed by atoms with Gasteiger partial charge in [-0.25, -0.2) is 4.98 Å². The number of carbonyl (C=O) groups excluding carboxylic acids is 1. The second kappa shape index (κ2) is 9.17. The van der Waals surface area contributed by atoms with Crippen molar-refractivity contribution in [2.24, 2.45) is 5.92 Å². The number of para-hydroxylation sites is 1. The van der Waals surface area contributed by atoms with Gasteiger partial charge in [-0.05, 0) is 43.5 Å². The van der Waals surface area contributed by atoms with E-state index < -0.39 is 0 Å². The summed E-state index contributed by atoms with van der Waals surface area (Å²) in [5.41, 5.74) is 1.02. The predicted octanol–water partition coefficient (Wildman–Crippen LogP) is 4.66. The molecule has 1 N–H and O–H groups in total. The molecule has 0 aliphatic heterocycles. The summed E-state index contributed by atoms with van der Waals surface area (Å²) >= 11 is 1.70. The summed E-state index contributed by atoms with van der Waals surface area (Å²) < 4.78 is 12.0. The van der Waals surface area contributed by atoms with Crippen molar-refractivity contribution >= 4 is 27.5 Å². The number of rotatable bonds is 8. The molecule has 1 aromatic carbocycles. The molecule has 0 saturated heterocycles. The standard InChI is InChI=1S/C22H24N2O3S/c25-21(23-12-6-13-26-15-16-7-5-14-27-16)17-8-1-2-9-18(17)22-24-19-10-3-4-11-20(19)28-22/h1-5,7,10-11,14,17-18H,6,8-9,12-13,15H2,(H,23,25). The third kappa shape index (κ3) is 4.51. The lowest BCUT2D eigenvalue weighted by molar-refractivity contribution is -0.125. The van der Waals surface area contributed by atoms with E-state index in [9.17, 15) is 4.79 Å². The number of fused-ring (bicyclic) bond motifs is 1. The molecule has 4 rings (SSSR count). The molecule has 1 amide bonds. The Bertz CT molecular complexity index is 899. The molecule has 2 heterocycles. The first-order chi connectivity index (χ1) is 13.8. The van der Waals surface area contributed by atoms with Gasteiger partial charge in [-0.15, -0.1) is 11.3 Å². The SMILES string of the molecule is O=C(NCCCOCc1ccco1)C1CC=CCC1c1nc2ccccc2s1. The third-order valence-electron chi connectivity index (χ3n) is 4.99. The van der Waals surface area contributed by atoms with E-state index in [4.69, 9.17) is 14.1 Å². The van der Waals surface area contributed by atoms with Gasteiger partial charge in [0.25, 0.3) is 0 Å². The molecule has 0 radical (unpaired) electrons. The number of nitrogens with one attached hydrogen (secondary N) is 1. The molecule has 28 heavy (non-hydrogen) atoms. The number of hydrogen-bond donors (Lipinski definition) is 1. The van der Waals surface area contributed by atoms with Crippen molar-refractivity contribution in [3.63, 3.8) is 0 Å². The molecule has 2 unspecified atom stereocenters. The van der Waals surface area contributed by atoms with Gasteiger partial charge in [0.2, 0.25) is 5.91 Å². The first kappa shape index (κ1) is 18.9. The molecule has 0 spiro atoms. The van der Waals surface area contributed by atoms with Gasteiger partial charge in [0, 0.05) is 19.1 Å². The van der Waals surface area contributed by atoms with Crippen LogP contribution in [0.3, 0.4) is 0 Å². The molecule has 146 valence electrons. The molecule has 0 fully saturated rings. The maximum absolute atomic E-state index is 12.8. The van der Waals surface area contributed by atoms with Crippen molar-refractivity contribution in [2.75, 3.05) is 13.2 Å². The van der Waals surface area contributed by atoms with Crippen LogP contribution in [0.15, 0.2) is 59.2 Å². The van der Waals surface area contributed by atoms with Crippen LogP contribution in [0.25, 0.3) is 10.2 Å². The van der Waals surface area contributed by atoms with Crippen LogP contribution in [-0.2, 0) is 16.1 Å². The minimum Gasteiger partial charge on any atom is -0.467 e. The molecule has 5 nitrogen and oxygen atoms in total. The highest BCUT2D eigenvalue weighted by Gasteiger charge is 2.32. The Morgan fingerprint density at radius 3 is 2.96 bits per heavy atom. The van der Waals surface area contributed by atoms with Gasteiger partial charge < -0.3 is 14.5 Å². The number of furan rings is 1. The van der Waals surface area contributed by atoms with Crippen LogP contribution in [0.4, 0.5) is 0 Å². The highest BCUT2D eigenvalue weighted by Crippen LogP contribution is 2.38. The number of benzene rings is 1. The lowest BCUT2D eigenvalue weighted by atomic mass is 9.82. The van der Waals surface area contributed by atoms with E-state index in [1.54, 1.807) is 17.6 Å². The van der Waals surface area contributed by atoms with E-state index in [-0.39, 0.29) is 17.7 Å². The Hall–Kier alpha value is -2.44. The van der Waals surface area contributed by atoms with E-state index in [0.717, 1.165) is 35.5 Å². The first-order valence-electron chi connectivity index (χ1n) is 9.69. The number of amides is 1. The van der Waals surface area contributed by atoms with Crippen LogP contribution in [0.5, 0.6) is 0 Å². The second-order valence-corrected chi connectivity index (χ2v) is 8.01. The number of carbonyl (C=O) groups is 1. The van der Waals surface area contributed by atoms with Crippen molar-refractivity contribution in [3.8, 4) is 0 Å². The third-order valence-corrected chi connectivity index (χ3v) is 6.15. The van der Waals surface area contributed by atoms with Crippen LogP contribution in [-0.4, -0.2) is 24.0 Å². The lowest BCUT2D eigenvalue weighted by Gasteiger charge is -2.26. The molecule has 0 saturated carbocycles. The molecule has 1 aliphatic rings. The monoisotopic (exact) mass is 396 g/mol. The zero-order valence-electron chi connectivity index (χ0n) is 15.7. The normalized spacial score (nSPS) is 19.1. The van der Waals surface area contributed by atoms with Crippen LogP contribution in [0.1, 0.15) is 35.9 Å². The average molecular weight is 397 g/mol. The molecule has 2 atom stereocenters. The highest BCUT2D eigenvalue weighted by atomic mass is 32.1. The molecule has 6 heteroatoms. The Morgan fingerprint density at radius 1 is 1.21 bits per heavy atom. The number of ether oxygens (including phenoxy) is 1. The van der Waals surface area contributed by atoms with Gasteiger partial charge in [0.1, 0.15) is 12.4 Å². The smallest absolute Gasteiger partial charge is 0.224 e. The summed E-state index contributed by atoms with van der Waals surface area (Å²) in [5.74, 6) is 1.02. The lowest BCUT2D eigenvalue weighted by Crippen LogP contribution is -2.35. The van der Waals surface area contributed by atoms with Gasteiger partial charge in [0.05, 0.1) is 27.4 Å². The Kier molecular flexibility index (Phi) is 6.19. The summed E-state index contributed by atoms with van der Waals surface area (Å²) in [6, 6.07) is 11.9. The molecule has 1 aliphatic carbocycles. The number of hydrogen-bond acceptors (Lipinski definition) is 5. The maximum atomic E-state index is 12.8. The Balaban J connectivity index is 1.28. The summed E-state index contributed by atoms with van der Waals surface area (Å²) in [5, 5.41) is 4.14. The Morgan fingerprint density at radius 2 is 2.11 bits per heavy atom. The number of aromatic nitrogens is 1. The highest BCUT2D eigenvalue weighted by molar-refractivity contribution is 7.18. The van der Waals surface area contributed by atoms with Gasteiger partial charge in [-0.2, -0.15) is 0 Å². The first-order valence-corrected chi connectivity index (χ1v) is 10.5. The number of nitrogens with zero attached hydrogens (tertiary/aromatic N) is 1. The van der Waals surface area contributed by atoms with Crippen LogP contribution in [0, 0.1) is 5.92 Å². The van der Waals surface area contributed by atoms with Crippen LogP contribution < -0.4 is 5.32 Å².